The molecule has 0 fully saturated rings. The molecule has 2 amide bonds. The van der Waals surface area contributed by atoms with Gasteiger partial charge in [0.05, 0.1) is 6.54 Å². The molecule has 0 aliphatic heterocycles. The summed E-state index contributed by atoms with van der Waals surface area (Å²) in [7, 11) is 0. The molecule has 2 N–H and O–H groups in total. The molecule has 5 nitrogen and oxygen atoms in total. The molecule has 0 aliphatic rings. The number of nitrogens with zero attached hydrogens (tertiary/aromatic N) is 1. The van der Waals surface area contributed by atoms with E-state index < -0.39 is 31.1 Å². The maximum Gasteiger partial charge on any atom is 0.405 e. The van der Waals surface area contributed by atoms with Crippen molar-refractivity contribution in [1.82, 2.24) is 15.2 Å². The molecule has 0 radical (unpaired) electrons. The highest BCUT2D eigenvalue weighted by molar-refractivity contribution is 14.1. The van der Waals surface area contributed by atoms with Crippen molar-refractivity contribution in [2.45, 2.75) is 6.18 Å². The SMILES string of the molecule is O=C(CNC(=O)c1cccn1-c1ccc(I)cc1)NCC(F)(F)F. The molecular weight excluding hydrogens is 438 g/mol. The van der Waals surface area contributed by atoms with Crippen LogP contribution in [0, 0.1) is 3.57 Å². The van der Waals surface area contributed by atoms with Gasteiger partial charge in [0.2, 0.25) is 5.91 Å². The number of carbonyl (C=O) groups is 2. The third-order valence-electron chi connectivity index (χ3n) is 2.98. The number of rotatable bonds is 5. The number of nitrogens with one attached hydrogen (secondary N) is 2. The minimum absolute atomic E-state index is 0.278. The fourth-order valence-corrected chi connectivity index (χ4v) is 2.26. The van der Waals surface area contributed by atoms with Crippen molar-refractivity contribution in [3.05, 3.63) is 51.9 Å². The Morgan fingerprint density at radius 1 is 1.08 bits per heavy atom. The van der Waals surface area contributed by atoms with E-state index in [1.165, 1.54) is 0 Å². The largest absolute Gasteiger partial charge is 0.405 e. The van der Waals surface area contributed by atoms with Crippen LogP contribution in [-0.2, 0) is 4.79 Å². The number of aromatic nitrogens is 1. The first kappa shape index (κ1) is 18.3. The molecule has 9 heteroatoms. The summed E-state index contributed by atoms with van der Waals surface area (Å²) in [5, 5.41) is 3.99. The zero-order valence-electron chi connectivity index (χ0n) is 12.2. The third kappa shape index (κ3) is 5.25. The topological polar surface area (TPSA) is 63.1 Å². The predicted octanol–water partition coefficient (Wildman–Crippen LogP) is 2.49. The smallest absolute Gasteiger partial charge is 0.345 e. The van der Waals surface area contributed by atoms with Crippen LogP contribution in [0.25, 0.3) is 5.69 Å². The van der Waals surface area contributed by atoms with Crippen LogP contribution in [-0.4, -0.2) is 35.6 Å². The van der Waals surface area contributed by atoms with E-state index >= 15 is 0 Å². The lowest BCUT2D eigenvalue weighted by Crippen LogP contribution is -2.41. The minimum Gasteiger partial charge on any atom is -0.345 e. The number of amides is 2. The maximum absolute atomic E-state index is 12.1. The third-order valence-corrected chi connectivity index (χ3v) is 3.70. The van der Waals surface area contributed by atoms with Crippen LogP contribution in [0.3, 0.4) is 0 Å². The Labute approximate surface area is 149 Å². The highest BCUT2D eigenvalue weighted by Crippen LogP contribution is 2.15. The number of alkyl halides is 3. The summed E-state index contributed by atoms with van der Waals surface area (Å²) in [6.07, 6.45) is -2.81. The first-order chi connectivity index (χ1) is 11.3. The molecule has 0 saturated heterocycles. The number of carbonyl (C=O) groups excluding carboxylic acids is 2. The van der Waals surface area contributed by atoms with Crippen LogP contribution in [0.4, 0.5) is 13.2 Å². The van der Waals surface area contributed by atoms with E-state index in [1.54, 1.807) is 28.2 Å². The summed E-state index contributed by atoms with van der Waals surface area (Å²) in [6, 6.07) is 10.6. The average molecular weight is 451 g/mol. The number of hydrogen-bond acceptors (Lipinski definition) is 2. The Hall–Kier alpha value is -2.04. The molecule has 2 aromatic rings. The molecule has 128 valence electrons. The van der Waals surface area contributed by atoms with Crippen molar-refractivity contribution < 1.29 is 22.8 Å². The van der Waals surface area contributed by atoms with Crippen LogP contribution >= 0.6 is 22.6 Å². The maximum atomic E-state index is 12.1. The lowest BCUT2D eigenvalue weighted by atomic mass is 10.3. The van der Waals surface area contributed by atoms with E-state index in [2.05, 4.69) is 27.9 Å². The van der Waals surface area contributed by atoms with Crippen LogP contribution in [0.1, 0.15) is 10.5 Å². The molecule has 0 saturated carbocycles. The van der Waals surface area contributed by atoms with Gasteiger partial charge < -0.3 is 15.2 Å². The molecule has 0 atom stereocenters. The second kappa shape index (κ2) is 7.69. The van der Waals surface area contributed by atoms with Crippen molar-refractivity contribution >= 4 is 34.4 Å². The molecule has 0 aliphatic carbocycles. The van der Waals surface area contributed by atoms with E-state index in [-0.39, 0.29) is 5.69 Å². The van der Waals surface area contributed by atoms with Crippen LogP contribution in [0.5, 0.6) is 0 Å². The fraction of sp³-hybridized carbons (Fsp3) is 0.200. The van der Waals surface area contributed by atoms with Crippen molar-refractivity contribution in [3.8, 4) is 5.69 Å². The Morgan fingerprint density at radius 2 is 1.75 bits per heavy atom. The highest BCUT2D eigenvalue weighted by atomic mass is 127. The van der Waals surface area contributed by atoms with Crippen LogP contribution in [0.15, 0.2) is 42.6 Å². The zero-order valence-corrected chi connectivity index (χ0v) is 14.4. The quantitative estimate of drug-likeness (QED) is 0.687. The Morgan fingerprint density at radius 3 is 2.38 bits per heavy atom. The van der Waals surface area contributed by atoms with Crippen LogP contribution < -0.4 is 10.6 Å². The van der Waals surface area contributed by atoms with Crippen molar-refractivity contribution in [3.63, 3.8) is 0 Å². The highest BCUT2D eigenvalue weighted by Gasteiger charge is 2.27. The molecular formula is C15H13F3IN3O2. The number of benzene rings is 1. The molecule has 0 spiro atoms. The van der Waals surface area contributed by atoms with E-state index in [0.29, 0.717) is 0 Å². The molecule has 1 aromatic heterocycles. The Kier molecular flexibility index (Phi) is 5.86. The van der Waals surface area contributed by atoms with Gasteiger partial charge in [-0.2, -0.15) is 13.2 Å². The van der Waals surface area contributed by atoms with Gasteiger partial charge in [-0.05, 0) is 59.0 Å². The van der Waals surface area contributed by atoms with Gasteiger partial charge in [0.25, 0.3) is 5.91 Å². The summed E-state index contributed by atoms with van der Waals surface area (Å²) in [5.41, 5.74) is 1.03. The Balaban J connectivity index is 1.98. The second-order valence-electron chi connectivity index (χ2n) is 4.81. The summed E-state index contributed by atoms with van der Waals surface area (Å²) in [6.45, 7) is -1.96. The molecule has 0 bridgehead atoms. The number of halogens is 4. The second-order valence-corrected chi connectivity index (χ2v) is 6.06. The summed E-state index contributed by atoms with van der Waals surface area (Å²) in [5.74, 6) is -1.46. The molecule has 24 heavy (non-hydrogen) atoms. The zero-order chi connectivity index (χ0) is 17.7. The van der Waals surface area contributed by atoms with Gasteiger partial charge in [-0.3, -0.25) is 9.59 Å². The standard InChI is InChI=1S/C15H13F3IN3O2/c16-15(17,18)9-21-13(23)8-20-14(24)12-2-1-7-22(12)11-5-3-10(19)4-6-11/h1-7H,8-9H2,(H,20,24)(H,21,23). The van der Waals surface area contributed by atoms with Gasteiger partial charge in [-0.1, -0.05) is 0 Å². The van der Waals surface area contributed by atoms with Gasteiger partial charge >= 0.3 is 6.18 Å². The predicted molar refractivity (Wildman–Crippen MR) is 89.9 cm³/mol. The van der Waals surface area contributed by atoms with Gasteiger partial charge in [0.1, 0.15) is 12.2 Å². The molecule has 1 aromatic carbocycles. The van der Waals surface area contributed by atoms with Gasteiger partial charge in [-0.15, -0.1) is 0 Å². The van der Waals surface area contributed by atoms with Gasteiger partial charge in [-0.25, -0.2) is 0 Å². The minimum atomic E-state index is -4.49. The monoisotopic (exact) mass is 451 g/mol. The first-order valence-electron chi connectivity index (χ1n) is 6.81. The lowest BCUT2D eigenvalue weighted by molar-refractivity contribution is -0.137. The van der Waals surface area contributed by atoms with E-state index in [4.69, 9.17) is 0 Å². The van der Waals surface area contributed by atoms with Gasteiger partial charge in [0.15, 0.2) is 0 Å². The van der Waals surface area contributed by atoms with E-state index in [9.17, 15) is 22.8 Å². The fourth-order valence-electron chi connectivity index (χ4n) is 1.91. The van der Waals surface area contributed by atoms with E-state index in [1.807, 2.05) is 24.3 Å². The average Bonchev–Trinajstić information content (AvgIpc) is 3.00. The van der Waals surface area contributed by atoms with E-state index in [0.717, 1.165) is 9.26 Å². The number of hydrogen-bond donors (Lipinski definition) is 2. The summed E-state index contributed by atoms with van der Waals surface area (Å²) in [4.78, 5) is 23.5. The Bertz CT molecular complexity index is 726. The first-order valence-corrected chi connectivity index (χ1v) is 7.89. The molecule has 2 rings (SSSR count). The lowest BCUT2D eigenvalue weighted by Gasteiger charge is -2.11. The summed E-state index contributed by atoms with van der Waals surface area (Å²) >= 11 is 2.16. The molecule has 0 unspecified atom stereocenters. The van der Waals surface area contributed by atoms with Crippen molar-refractivity contribution in [2.75, 3.05) is 13.1 Å². The van der Waals surface area contributed by atoms with Crippen molar-refractivity contribution in [1.29, 1.82) is 0 Å². The van der Waals surface area contributed by atoms with Gasteiger partial charge in [0, 0.05) is 15.5 Å². The normalized spacial score (nSPS) is 11.2. The molecule has 1 heterocycles. The summed E-state index contributed by atoms with van der Waals surface area (Å²) < 4.78 is 38.7. The van der Waals surface area contributed by atoms with Crippen molar-refractivity contribution in [2.24, 2.45) is 0 Å². The van der Waals surface area contributed by atoms with Crippen LogP contribution in [0.2, 0.25) is 0 Å².